The summed E-state index contributed by atoms with van der Waals surface area (Å²) >= 11 is 0. The maximum atomic E-state index is 12.3. The van der Waals surface area contributed by atoms with Crippen molar-refractivity contribution in [1.82, 2.24) is 19.7 Å². The van der Waals surface area contributed by atoms with Gasteiger partial charge in [-0.05, 0) is 36.8 Å². The van der Waals surface area contributed by atoms with Gasteiger partial charge in [-0.25, -0.2) is 0 Å². The molecular formula is C31H32N4O2. The smallest absolute Gasteiger partial charge is 0.219 e. The summed E-state index contributed by atoms with van der Waals surface area (Å²) in [4.78, 5) is 19.1. The molecule has 2 aromatic heterocycles. The van der Waals surface area contributed by atoms with Gasteiger partial charge in [0.1, 0.15) is 0 Å². The van der Waals surface area contributed by atoms with E-state index in [1.165, 1.54) is 11.3 Å². The minimum atomic E-state index is 0.109. The molecule has 0 aliphatic carbocycles. The molecule has 0 atom stereocenters. The third-order valence-electron chi connectivity index (χ3n) is 7.76. The number of ether oxygens (including phenoxy) is 1. The van der Waals surface area contributed by atoms with Gasteiger partial charge in [0.2, 0.25) is 5.91 Å². The maximum Gasteiger partial charge on any atom is 0.219 e. The molecule has 2 aliphatic heterocycles. The third kappa shape index (κ3) is 4.36. The van der Waals surface area contributed by atoms with E-state index < -0.39 is 0 Å². The molecule has 0 bridgehead atoms. The van der Waals surface area contributed by atoms with Crippen molar-refractivity contribution in [2.24, 2.45) is 0 Å². The fourth-order valence-electron chi connectivity index (χ4n) is 5.62. The van der Waals surface area contributed by atoms with Gasteiger partial charge >= 0.3 is 0 Å². The average Bonchev–Trinajstić information content (AvgIpc) is 3.31. The van der Waals surface area contributed by atoms with E-state index in [1.807, 2.05) is 18.0 Å². The zero-order valence-electron chi connectivity index (χ0n) is 21.5. The molecule has 2 aliphatic rings. The number of hydrogen-bond acceptors (Lipinski definition) is 4. The summed E-state index contributed by atoms with van der Waals surface area (Å²) in [7, 11) is 0. The second-order valence-corrected chi connectivity index (χ2v) is 10.2. The fraction of sp³-hybridized carbons (Fsp3) is 0.323. The standard InChI is InChI=1S/C31H32N4O2/c1-20(2)22-7-9-23(10-8-22)29-17-24-5-4-6-26(27(24)18-32-29)31-28-19-34(21(3)36)14-11-30(28)35(33-31)25-12-15-37-16-13-25/h4-10,17-18,25H,1,11-16,19H2,2-3H3. The maximum absolute atomic E-state index is 12.3. The molecule has 0 N–H and O–H groups in total. The first-order valence-corrected chi connectivity index (χ1v) is 13.1. The Hall–Kier alpha value is -3.77. The Balaban J connectivity index is 1.44. The summed E-state index contributed by atoms with van der Waals surface area (Å²) in [5, 5.41) is 7.42. The van der Waals surface area contributed by atoms with Crippen LogP contribution in [0.1, 0.15) is 49.6 Å². The van der Waals surface area contributed by atoms with E-state index in [9.17, 15) is 4.79 Å². The molecule has 6 nitrogen and oxygen atoms in total. The molecule has 0 radical (unpaired) electrons. The lowest BCUT2D eigenvalue weighted by Crippen LogP contribution is -2.35. The normalized spacial score (nSPS) is 16.1. The fourth-order valence-corrected chi connectivity index (χ4v) is 5.62. The Morgan fingerprint density at radius 2 is 1.86 bits per heavy atom. The number of carbonyl (C=O) groups is 1. The Bertz CT molecular complexity index is 1500. The van der Waals surface area contributed by atoms with E-state index in [-0.39, 0.29) is 5.91 Å². The number of aromatic nitrogens is 3. The van der Waals surface area contributed by atoms with Gasteiger partial charge in [-0.2, -0.15) is 5.10 Å². The van der Waals surface area contributed by atoms with Crippen LogP contribution in [-0.4, -0.2) is 45.3 Å². The Morgan fingerprint density at radius 1 is 1.08 bits per heavy atom. The van der Waals surface area contributed by atoms with Crippen LogP contribution in [0.4, 0.5) is 0 Å². The summed E-state index contributed by atoms with van der Waals surface area (Å²) in [6, 6.07) is 17.2. The molecule has 6 heteroatoms. The van der Waals surface area contributed by atoms with E-state index in [2.05, 4.69) is 59.8 Å². The first-order chi connectivity index (χ1) is 18.0. The summed E-state index contributed by atoms with van der Waals surface area (Å²) in [6.07, 6.45) is 4.73. The largest absolute Gasteiger partial charge is 0.381 e. The van der Waals surface area contributed by atoms with Gasteiger partial charge in [-0.3, -0.25) is 14.5 Å². The number of pyridine rings is 1. The number of benzene rings is 2. The lowest BCUT2D eigenvalue weighted by Gasteiger charge is -2.29. The topological polar surface area (TPSA) is 60.2 Å². The van der Waals surface area contributed by atoms with Crippen molar-refractivity contribution in [3.8, 4) is 22.5 Å². The number of rotatable bonds is 4. The third-order valence-corrected chi connectivity index (χ3v) is 7.76. The van der Waals surface area contributed by atoms with Gasteiger partial charge in [-0.1, -0.05) is 54.6 Å². The zero-order valence-corrected chi connectivity index (χ0v) is 21.5. The number of nitrogens with zero attached hydrogens (tertiary/aromatic N) is 4. The van der Waals surface area contributed by atoms with Crippen LogP contribution in [0, 0.1) is 0 Å². The zero-order chi connectivity index (χ0) is 25.5. The number of hydrogen-bond donors (Lipinski definition) is 0. The molecule has 4 aromatic rings. The first kappa shape index (κ1) is 23.6. The molecule has 2 aromatic carbocycles. The van der Waals surface area contributed by atoms with Crippen LogP contribution >= 0.6 is 0 Å². The highest BCUT2D eigenvalue weighted by Gasteiger charge is 2.30. The summed E-state index contributed by atoms with van der Waals surface area (Å²) in [5.74, 6) is 0.109. The highest BCUT2D eigenvalue weighted by atomic mass is 16.5. The SMILES string of the molecule is C=C(C)c1ccc(-c2cc3cccc(-c4nn(C5CCOCC5)c5c4CN(C(C)=O)CC5)c3cn2)cc1. The highest BCUT2D eigenvalue weighted by molar-refractivity contribution is 5.97. The predicted molar refractivity (Wildman–Crippen MR) is 147 cm³/mol. The van der Waals surface area contributed by atoms with Gasteiger partial charge in [0.25, 0.3) is 0 Å². The molecule has 1 amide bonds. The van der Waals surface area contributed by atoms with Gasteiger partial charge in [0, 0.05) is 73.6 Å². The van der Waals surface area contributed by atoms with Gasteiger partial charge < -0.3 is 9.64 Å². The highest BCUT2D eigenvalue weighted by Crippen LogP contribution is 2.37. The number of allylic oxidation sites excluding steroid dienone is 1. The lowest BCUT2D eigenvalue weighted by atomic mass is 9.96. The van der Waals surface area contributed by atoms with E-state index >= 15 is 0 Å². The predicted octanol–water partition coefficient (Wildman–Crippen LogP) is 6.05. The molecule has 188 valence electrons. The van der Waals surface area contributed by atoms with Crippen molar-refractivity contribution >= 4 is 22.3 Å². The second kappa shape index (κ2) is 9.60. The van der Waals surface area contributed by atoms with Gasteiger partial charge in [-0.15, -0.1) is 0 Å². The van der Waals surface area contributed by atoms with Gasteiger partial charge in [0.15, 0.2) is 0 Å². The minimum Gasteiger partial charge on any atom is -0.381 e. The van der Waals surface area contributed by atoms with Crippen LogP contribution in [0.25, 0.3) is 38.9 Å². The monoisotopic (exact) mass is 492 g/mol. The average molecular weight is 493 g/mol. The molecule has 1 fully saturated rings. The quantitative estimate of drug-likeness (QED) is 0.348. The van der Waals surface area contributed by atoms with Crippen LogP contribution in [0.3, 0.4) is 0 Å². The van der Waals surface area contributed by atoms with Crippen molar-refractivity contribution in [2.45, 2.75) is 45.7 Å². The van der Waals surface area contributed by atoms with Crippen LogP contribution < -0.4 is 0 Å². The Morgan fingerprint density at radius 3 is 2.59 bits per heavy atom. The number of amides is 1. The summed E-state index contributed by atoms with van der Waals surface area (Å²) in [6.45, 7) is 10.6. The van der Waals surface area contributed by atoms with Gasteiger partial charge in [0.05, 0.1) is 17.4 Å². The van der Waals surface area contributed by atoms with E-state index in [0.29, 0.717) is 12.6 Å². The van der Waals surface area contributed by atoms with Crippen molar-refractivity contribution in [3.63, 3.8) is 0 Å². The summed E-state index contributed by atoms with van der Waals surface area (Å²) < 4.78 is 7.87. The molecule has 0 saturated carbocycles. The van der Waals surface area contributed by atoms with Crippen molar-refractivity contribution < 1.29 is 9.53 Å². The first-order valence-electron chi connectivity index (χ1n) is 13.1. The van der Waals surface area contributed by atoms with Crippen LogP contribution in [0.5, 0.6) is 0 Å². The molecule has 6 rings (SSSR count). The van der Waals surface area contributed by atoms with Crippen LogP contribution in [0.15, 0.2) is 61.3 Å². The van der Waals surface area contributed by atoms with Crippen molar-refractivity contribution in [3.05, 3.63) is 78.1 Å². The summed E-state index contributed by atoms with van der Waals surface area (Å²) in [5.41, 5.74) is 8.68. The Labute approximate surface area is 217 Å². The Kier molecular flexibility index (Phi) is 6.13. The molecule has 37 heavy (non-hydrogen) atoms. The minimum absolute atomic E-state index is 0.109. The number of carbonyl (C=O) groups excluding carboxylic acids is 1. The molecule has 0 spiro atoms. The molecule has 1 saturated heterocycles. The van der Waals surface area contributed by atoms with Crippen molar-refractivity contribution in [2.75, 3.05) is 19.8 Å². The van der Waals surface area contributed by atoms with Crippen LogP contribution in [-0.2, 0) is 22.5 Å². The van der Waals surface area contributed by atoms with Crippen LogP contribution in [0.2, 0.25) is 0 Å². The lowest BCUT2D eigenvalue weighted by molar-refractivity contribution is -0.129. The number of fused-ring (bicyclic) bond motifs is 2. The molecular weight excluding hydrogens is 460 g/mol. The molecule has 0 unspecified atom stereocenters. The van der Waals surface area contributed by atoms with E-state index in [1.54, 1.807) is 6.92 Å². The van der Waals surface area contributed by atoms with E-state index in [4.69, 9.17) is 14.8 Å². The van der Waals surface area contributed by atoms with Crippen molar-refractivity contribution in [1.29, 1.82) is 0 Å². The van der Waals surface area contributed by atoms with E-state index in [0.717, 1.165) is 83.4 Å². The molecule has 4 heterocycles. The second-order valence-electron chi connectivity index (χ2n) is 10.2.